The van der Waals surface area contributed by atoms with Crippen LogP contribution in [-0.2, 0) is 11.3 Å². The molecule has 0 aliphatic heterocycles. The first-order valence-corrected chi connectivity index (χ1v) is 9.44. The zero-order chi connectivity index (χ0) is 23.1. The van der Waals surface area contributed by atoms with E-state index in [1.165, 1.54) is 17.0 Å². The van der Waals surface area contributed by atoms with Crippen molar-refractivity contribution in [2.45, 2.75) is 13.5 Å². The molecule has 0 unspecified atom stereocenters. The summed E-state index contributed by atoms with van der Waals surface area (Å²) in [5.41, 5.74) is 10.0. The molecule has 0 spiro atoms. The minimum atomic E-state index is -0.580. The van der Waals surface area contributed by atoms with Gasteiger partial charge < -0.3 is 20.6 Å². The van der Waals surface area contributed by atoms with Crippen molar-refractivity contribution in [3.63, 3.8) is 0 Å². The molecule has 0 aliphatic carbocycles. The molecule has 164 valence electrons. The summed E-state index contributed by atoms with van der Waals surface area (Å²) < 4.78 is 6.74. The molecule has 2 amide bonds. The minimum Gasteiger partial charge on any atom is -0.484 e. The fourth-order valence-corrected chi connectivity index (χ4v) is 2.75. The molecule has 2 aromatic carbocycles. The van der Waals surface area contributed by atoms with Crippen LogP contribution >= 0.6 is 0 Å². The molecule has 32 heavy (non-hydrogen) atoms. The van der Waals surface area contributed by atoms with E-state index in [0.717, 1.165) is 5.56 Å². The number of amides is 2. The number of nitrogens with one attached hydrogen (secondary N) is 1. The second-order valence-electron chi connectivity index (χ2n) is 6.78. The summed E-state index contributed by atoms with van der Waals surface area (Å²) in [5, 5.41) is 18.7. The van der Waals surface area contributed by atoms with E-state index >= 15 is 0 Å². The Balaban J connectivity index is 1.57. The molecule has 3 rings (SSSR count). The van der Waals surface area contributed by atoms with Crippen molar-refractivity contribution in [2.75, 3.05) is 6.61 Å². The zero-order valence-corrected chi connectivity index (χ0v) is 17.1. The third-order valence-corrected chi connectivity index (χ3v) is 4.32. The van der Waals surface area contributed by atoms with Crippen molar-refractivity contribution >= 4 is 23.8 Å². The Hall–Kier alpha value is -4.54. The molecule has 1 aromatic heterocycles. The first-order valence-electron chi connectivity index (χ1n) is 9.44. The Labute approximate surface area is 182 Å². The molecular formula is C21H20N6O5. The van der Waals surface area contributed by atoms with Gasteiger partial charge in [-0.1, -0.05) is 24.3 Å². The van der Waals surface area contributed by atoms with Crippen molar-refractivity contribution in [2.24, 2.45) is 10.8 Å². The lowest BCUT2D eigenvalue weighted by molar-refractivity contribution is -0.389. The van der Waals surface area contributed by atoms with Crippen LogP contribution in [0.5, 0.6) is 5.75 Å². The summed E-state index contributed by atoms with van der Waals surface area (Å²) in [7, 11) is 0. The maximum atomic E-state index is 12.3. The van der Waals surface area contributed by atoms with Crippen LogP contribution in [0.15, 0.2) is 59.7 Å². The summed E-state index contributed by atoms with van der Waals surface area (Å²) in [6.07, 6.45) is 1.44. The number of ether oxygens (including phenoxy) is 1. The molecule has 0 saturated carbocycles. The van der Waals surface area contributed by atoms with E-state index in [1.807, 2.05) is 0 Å². The van der Waals surface area contributed by atoms with E-state index in [0.29, 0.717) is 29.1 Å². The molecule has 3 aromatic rings. The summed E-state index contributed by atoms with van der Waals surface area (Å²) >= 11 is 0. The number of nitrogens with two attached hydrogens (primary N) is 1. The van der Waals surface area contributed by atoms with Gasteiger partial charge in [0.25, 0.3) is 11.8 Å². The van der Waals surface area contributed by atoms with Crippen LogP contribution in [0.2, 0.25) is 0 Å². The standard InChI is InChI=1S/C21H20N6O5/c1-14-9-20(27(30)31)25-26(14)12-15-5-7-17(8-6-15)21(29)24-23-11-16-3-2-4-18(10-16)32-13-19(22)28/h2-11H,12-13H2,1H3,(H2,22,28)(H,24,29)/b23-11-. The monoisotopic (exact) mass is 436 g/mol. The number of nitrogens with zero attached hydrogens (tertiary/aromatic N) is 4. The average molecular weight is 436 g/mol. The van der Waals surface area contributed by atoms with Gasteiger partial charge in [0.05, 0.1) is 29.6 Å². The molecule has 0 aliphatic rings. The lowest BCUT2D eigenvalue weighted by Gasteiger charge is -2.04. The van der Waals surface area contributed by atoms with Gasteiger partial charge in [0.15, 0.2) is 6.61 Å². The van der Waals surface area contributed by atoms with Crippen molar-refractivity contribution in [3.05, 3.63) is 87.1 Å². The van der Waals surface area contributed by atoms with Gasteiger partial charge in [0, 0.05) is 5.56 Å². The molecule has 0 fully saturated rings. The Morgan fingerprint density at radius 3 is 2.66 bits per heavy atom. The number of benzene rings is 2. The largest absolute Gasteiger partial charge is 0.484 e. The van der Waals surface area contributed by atoms with E-state index in [1.54, 1.807) is 55.5 Å². The third-order valence-electron chi connectivity index (χ3n) is 4.32. The normalized spacial score (nSPS) is 10.8. The number of hydrogen-bond acceptors (Lipinski definition) is 7. The van der Waals surface area contributed by atoms with Crippen LogP contribution < -0.4 is 15.9 Å². The Bertz CT molecular complexity index is 1170. The SMILES string of the molecule is Cc1cc([N+](=O)[O-])nn1Cc1ccc(C(=O)N/N=C\c2cccc(OCC(N)=O)c2)cc1. The van der Waals surface area contributed by atoms with Crippen molar-refractivity contribution in [1.82, 2.24) is 15.2 Å². The minimum absolute atomic E-state index is 0.207. The summed E-state index contributed by atoms with van der Waals surface area (Å²) in [6.45, 7) is 1.84. The number of aromatic nitrogens is 2. The zero-order valence-electron chi connectivity index (χ0n) is 17.1. The highest BCUT2D eigenvalue weighted by Crippen LogP contribution is 2.14. The maximum absolute atomic E-state index is 12.3. The first-order chi connectivity index (χ1) is 15.3. The van der Waals surface area contributed by atoms with Crippen LogP contribution in [0.25, 0.3) is 0 Å². The Kier molecular flexibility index (Phi) is 6.91. The van der Waals surface area contributed by atoms with Crippen LogP contribution in [0.1, 0.15) is 27.2 Å². The predicted molar refractivity (Wildman–Crippen MR) is 115 cm³/mol. The average Bonchev–Trinajstić information content (AvgIpc) is 3.13. The number of rotatable bonds is 9. The van der Waals surface area contributed by atoms with Gasteiger partial charge in [-0.2, -0.15) is 9.78 Å². The quantitative estimate of drug-likeness (QED) is 0.296. The third kappa shape index (κ3) is 5.98. The first kappa shape index (κ1) is 22.2. The van der Waals surface area contributed by atoms with Gasteiger partial charge in [-0.15, -0.1) is 0 Å². The lowest BCUT2D eigenvalue weighted by atomic mass is 10.1. The van der Waals surface area contributed by atoms with E-state index in [2.05, 4.69) is 15.6 Å². The van der Waals surface area contributed by atoms with E-state index in [9.17, 15) is 19.7 Å². The van der Waals surface area contributed by atoms with Gasteiger partial charge in [0.1, 0.15) is 5.75 Å². The van der Waals surface area contributed by atoms with Gasteiger partial charge in [-0.3, -0.25) is 9.59 Å². The van der Waals surface area contributed by atoms with Crippen LogP contribution in [-0.4, -0.2) is 39.3 Å². The number of hydrogen-bond donors (Lipinski definition) is 2. The second-order valence-corrected chi connectivity index (χ2v) is 6.78. The molecule has 3 N–H and O–H groups in total. The molecule has 0 bridgehead atoms. The van der Waals surface area contributed by atoms with Crippen molar-refractivity contribution in [1.29, 1.82) is 0 Å². The lowest BCUT2D eigenvalue weighted by Crippen LogP contribution is -2.20. The highest BCUT2D eigenvalue weighted by molar-refractivity contribution is 5.94. The number of primary amides is 1. The predicted octanol–water partition coefficient (Wildman–Crippen LogP) is 1.78. The topological polar surface area (TPSA) is 155 Å². The van der Waals surface area contributed by atoms with Crippen LogP contribution in [0.3, 0.4) is 0 Å². The van der Waals surface area contributed by atoms with Crippen LogP contribution in [0.4, 0.5) is 5.82 Å². The Morgan fingerprint density at radius 1 is 1.25 bits per heavy atom. The molecule has 0 saturated heterocycles. The van der Waals surface area contributed by atoms with E-state index < -0.39 is 16.7 Å². The fraction of sp³-hybridized carbons (Fsp3) is 0.143. The van der Waals surface area contributed by atoms with Crippen molar-refractivity contribution in [3.8, 4) is 5.75 Å². The van der Waals surface area contributed by atoms with E-state index in [-0.39, 0.29) is 12.4 Å². The number of nitro groups is 1. The highest BCUT2D eigenvalue weighted by atomic mass is 16.6. The van der Waals surface area contributed by atoms with Gasteiger partial charge >= 0.3 is 5.82 Å². The van der Waals surface area contributed by atoms with Gasteiger partial charge in [0.2, 0.25) is 0 Å². The van der Waals surface area contributed by atoms with Gasteiger partial charge in [-0.05, 0) is 47.2 Å². The Morgan fingerprint density at radius 2 is 2.00 bits per heavy atom. The number of aryl methyl sites for hydroxylation is 1. The summed E-state index contributed by atoms with van der Waals surface area (Å²) in [5.74, 6) is -0.739. The summed E-state index contributed by atoms with van der Waals surface area (Å²) in [6, 6.07) is 14.9. The number of hydrazone groups is 1. The van der Waals surface area contributed by atoms with E-state index in [4.69, 9.17) is 10.5 Å². The second kappa shape index (κ2) is 9.98. The number of carbonyl (C=O) groups is 2. The maximum Gasteiger partial charge on any atom is 0.390 e. The number of carbonyl (C=O) groups excluding carboxylic acids is 2. The summed E-state index contributed by atoms with van der Waals surface area (Å²) in [4.78, 5) is 33.4. The highest BCUT2D eigenvalue weighted by Gasteiger charge is 2.15. The molecule has 11 heteroatoms. The molecule has 1 heterocycles. The molecular weight excluding hydrogens is 416 g/mol. The van der Waals surface area contributed by atoms with Crippen LogP contribution in [0, 0.1) is 17.0 Å². The van der Waals surface area contributed by atoms with Crippen molar-refractivity contribution < 1.29 is 19.2 Å². The molecule has 11 nitrogen and oxygen atoms in total. The van der Waals surface area contributed by atoms with Gasteiger partial charge in [-0.25, -0.2) is 5.43 Å². The molecule has 0 atom stereocenters. The fourth-order valence-electron chi connectivity index (χ4n) is 2.75. The smallest absolute Gasteiger partial charge is 0.390 e. The molecule has 0 radical (unpaired) electrons.